The molecule has 0 unspecified atom stereocenters. The molecule has 1 heterocycles. The first-order valence-corrected chi connectivity index (χ1v) is 8.93. The van der Waals surface area contributed by atoms with E-state index in [0.29, 0.717) is 22.8 Å². The molecule has 0 radical (unpaired) electrons. The van der Waals surface area contributed by atoms with E-state index in [-0.39, 0.29) is 5.82 Å². The minimum atomic E-state index is 0.246. The summed E-state index contributed by atoms with van der Waals surface area (Å²) in [5.74, 6) is 1.01. The molecule has 4 nitrogen and oxygen atoms in total. The highest BCUT2D eigenvalue weighted by molar-refractivity contribution is 7.98. The second kappa shape index (κ2) is 7.82. The van der Waals surface area contributed by atoms with Gasteiger partial charge in [-0.2, -0.15) is 5.26 Å². The van der Waals surface area contributed by atoms with E-state index < -0.39 is 0 Å². The van der Waals surface area contributed by atoms with Crippen molar-refractivity contribution in [1.82, 2.24) is 9.97 Å². The summed E-state index contributed by atoms with van der Waals surface area (Å²) in [6.07, 6.45) is 0.564. The van der Waals surface area contributed by atoms with Gasteiger partial charge in [-0.1, -0.05) is 71.9 Å². The molecule has 0 aliphatic carbocycles. The second-order valence-electron chi connectivity index (χ2n) is 5.77. The monoisotopic (exact) mass is 346 g/mol. The van der Waals surface area contributed by atoms with E-state index in [1.54, 1.807) is 0 Å². The van der Waals surface area contributed by atoms with E-state index in [0.717, 1.165) is 11.3 Å². The van der Waals surface area contributed by atoms with Crippen LogP contribution in [0.2, 0.25) is 0 Å². The van der Waals surface area contributed by atoms with Crippen molar-refractivity contribution in [1.29, 1.82) is 5.26 Å². The van der Waals surface area contributed by atoms with Crippen molar-refractivity contribution in [2.45, 2.75) is 24.3 Å². The zero-order chi connectivity index (χ0) is 17.6. The lowest BCUT2D eigenvalue weighted by molar-refractivity contribution is 0.902. The van der Waals surface area contributed by atoms with E-state index in [2.05, 4.69) is 41.2 Å². The molecule has 1 aromatic heterocycles. The van der Waals surface area contributed by atoms with Crippen LogP contribution in [0.3, 0.4) is 0 Å². The average molecular weight is 346 g/mol. The maximum atomic E-state index is 9.39. The van der Waals surface area contributed by atoms with Crippen molar-refractivity contribution in [2.24, 2.45) is 0 Å². The lowest BCUT2D eigenvalue weighted by atomic mass is 10.1. The summed E-state index contributed by atoms with van der Waals surface area (Å²) >= 11 is 1.53. The smallest absolute Gasteiger partial charge is 0.190 e. The van der Waals surface area contributed by atoms with Gasteiger partial charge in [0.15, 0.2) is 5.16 Å². The van der Waals surface area contributed by atoms with Crippen LogP contribution in [0.4, 0.5) is 5.82 Å². The van der Waals surface area contributed by atoms with E-state index >= 15 is 0 Å². The predicted octanol–water partition coefficient (Wildman–Crippen LogP) is 4.12. The van der Waals surface area contributed by atoms with Crippen LogP contribution in [-0.4, -0.2) is 9.97 Å². The highest BCUT2D eigenvalue weighted by Crippen LogP contribution is 2.24. The van der Waals surface area contributed by atoms with Gasteiger partial charge in [-0.15, -0.1) is 0 Å². The minimum Gasteiger partial charge on any atom is -0.382 e. The largest absolute Gasteiger partial charge is 0.382 e. The van der Waals surface area contributed by atoms with Crippen molar-refractivity contribution >= 4 is 17.6 Å². The third-order valence-corrected chi connectivity index (χ3v) is 4.69. The topological polar surface area (TPSA) is 75.6 Å². The third kappa shape index (κ3) is 4.37. The molecule has 0 amide bonds. The van der Waals surface area contributed by atoms with Gasteiger partial charge in [0, 0.05) is 12.2 Å². The van der Waals surface area contributed by atoms with Crippen LogP contribution in [0.1, 0.15) is 27.9 Å². The molecule has 124 valence electrons. The molecular weight excluding hydrogens is 328 g/mol. The Bertz CT molecular complexity index is 917. The summed E-state index contributed by atoms with van der Waals surface area (Å²) < 4.78 is 0. The fourth-order valence-corrected chi connectivity index (χ4v) is 3.37. The number of nitriles is 1. The number of hydrogen-bond donors (Lipinski definition) is 1. The summed E-state index contributed by atoms with van der Waals surface area (Å²) in [5.41, 5.74) is 10.6. The van der Waals surface area contributed by atoms with Crippen LogP contribution in [0, 0.1) is 18.3 Å². The van der Waals surface area contributed by atoms with Gasteiger partial charge in [0.2, 0.25) is 0 Å². The molecule has 0 spiro atoms. The van der Waals surface area contributed by atoms with E-state index in [4.69, 9.17) is 5.73 Å². The van der Waals surface area contributed by atoms with Crippen LogP contribution in [0.25, 0.3) is 0 Å². The number of hydrogen-bond acceptors (Lipinski definition) is 5. The fourth-order valence-electron chi connectivity index (χ4n) is 2.56. The Hall–Kier alpha value is -2.84. The van der Waals surface area contributed by atoms with Crippen molar-refractivity contribution < 1.29 is 0 Å². The molecule has 0 saturated heterocycles. The lowest BCUT2D eigenvalue weighted by Crippen LogP contribution is -2.06. The summed E-state index contributed by atoms with van der Waals surface area (Å²) in [7, 11) is 0. The molecule has 0 bridgehead atoms. The first-order chi connectivity index (χ1) is 12.2. The second-order valence-corrected chi connectivity index (χ2v) is 6.71. The van der Waals surface area contributed by atoms with Gasteiger partial charge < -0.3 is 5.73 Å². The molecule has 0 saturated carbocycles. The van der Waals surface area contributed by atoms with Gasteiger partial charge >= 0.3 is 0 Å². The first kappa shape index (κ1) is 17.0. The number of anilines is 1. The van der Waals surface area contributed by atoms with E-state index in [1.807, 2.05) is 36.4 Å². The van der Waals surface area contributed by atoms with Crippen molar-refractivity contribution in [3.63, 3.8) is 0 Å². The van der Waals surface area contributed by atoms with Crippen molar-refractivity contribution in [3.05, 3.63) is 82.5 Å². The van der Waals surface area contributed by atoms with Crippen LogP contribution < -0.4 is 5.73 Å². The van der Waals surface area contributed by atoms with Crippen LogP contribution in [0.15, 0.2) is 59.8 Å². The molecular formula is C20H18N4S. The third-order valence-electron chi connectivity index (χ3n) is 3.77. The molecule has 0 fully saturated rings. The molecule has 5 heteroatoms. The van der Waals surface area contributed by atoms with E-state index in [9.17, 15) is 5.26 Å². The Morgan fingerprint density at radius 1 is 1.04 bits per heavy atom. The standard InChI is InChI=1S/C20H18N4S/c1-14-6-5-9-16(10-14)13-25-20-23-18(17(12-21)19(22)24-20)11-15-7-3-2-4-8-15/h2-10H,11,13H2,1H3,(H2,22,23,24). The Balaban J connectivity index is 1.84. The normalized spacial score (nSPS) is 10.4. The van der Waals surface area contributed by atoms with Crippen molar-refractivity contribution in [3.8, 4) is 6.07 Å². The Morgan fingerprint density at radius 3 is 2.52 bits per heavy atom. The first-order valence-electron chi connectivity index (χ1n) is 7.94. The van der Waals surface area contributed by atoms with Gasteiger partial charge in [-0.05, 0) is 18.1 Å². The van der Waals surface area contributed by atoms with Crippen LogP contribution in [0.5, 0.6) is 0 Å². The summed E-state index contributed by atoms with van der Waals surface area (Å²) in [6.45, 7) is 2.07. The van der Waals surface area contributed by atoms with Gasteiger partial charge in [0.1, 0.15) is 17.5 Å². The molecule has 0 atom stereocenters. The van der Waals surface area contributed by atoms with Gasteiger partial charge in [-0.3, -0.25) is 0 Å². The molecule has 0 aliphatic rings. The van der Waals surface area contributed by atoms with Gasteiger partial charge in [0.25, 0.3) is 0 Å². The lowest BCUT2D eigenvalue weighted by Gasteiger charge is -2.09. The maximum absolute atomic E-state index is 9.39. The Morgan fingerprint density at radius 2 is 1.80 bits per heavy atom. The van der Waals surface area contributed by atoms with E-state index in [1.165, 1.54) is 22.9 Å². The van der Waals surface area contributed by atoms with Crippen LogP contribution in [-0.2, 0) is 12.2 Å². The average Bonchev–Trinajstić information content (AvgIpc) is 2.61. The summed E-state index contributed by atoms with van der Waals surface area (Å²) in [4.78, 5) is 8.88. The number of benzene rings is 2. The number of nitrogens with two attached hydrogens (primary N) is 1. The number of aromatic nitrogens is 2. The number of rotatable bonds is 5. The predicted molar refractivity (Wildman–Crippen MR) is 101 cm³/mol. The SMILES string of the molecule is Cc1cccc(CSc2nc(N)c(C#N)c(Cc3ccccc3)n2)c1. The molecule has 2 aromatic carbocycles. The number of aryl methyl sites for hydroxylation is 1. The molecule has 25 heavy (non-hydrogen) atoms. The summed E-state index contributed by atoms with van der Waals surface area (Å²) in [5, 5.41) is 9.99. The van der Waals surface area contributed by atoms with Crippen molar-refractivity contribution in [2.75, 3.05) is 5.73 Å². The minimum absolute atomic E-state index is 0.246. The molecule has 3 aromatic rings. The zero-order valence-corrected chi connectivity index (χ0v) is 14.8. The quantitative estimate of drug-likeness (QED) is 0.555. The van der Waals surface area contributed by atoms with Crippen LogP contribution >= 0.6 is 11.8 Å². The molecule has 3 rings (SSSR count). The molecule has 0 aliphatic heterocycles. The number of nitrogen functional groups attached to an aromatic ring is 1. The maximum Gasteiger partial charge on any atom is 0.190 e. The van der Waals surface area contributed by atoms with Gasteiger partial charge in [-0.25, -0.2) is 9.97 Å². The summed E-state index contributed by atoms with van der Waals surface area (Å²) in [6, 6.07) is 20.4. The highest BCUT2D eigenvalue weighted by atomic mass is 32.2. The Kier molecular flexibility index (Phi) is 5.32. The Labute approximate surface area is 151 Å². The molecule has 2 N–H and O–H groups in total. The fraction of sp³-hybridized carbons (Fsp3) is 0.150. The van der Waals surface area contributed by atoms with Gasteiger partial charge in [0.05, 0.1) is 5.69 Å². The number of nitrogens with zero attached hydrogens (tertiary/aromatic N) is 3. The zero-order valence-electron chi connectivity index (χ0n) is 13.9. The highest BCUT2D eigenvalue weighted by Gasteiger charge is 2.13. The number of thioether (sulfide) groups is 1.